The quantitative estimate of drug-likeness (QED) is 0.444. The van der Waals surface area contributed by atoms with E-state index in [9.17, 15) is 9.59 Å². The molecule has 24 heavy (non-hydrogen) atoms. The molecule has 0 radical (unpaired) electrons. The smallest absolute Gasteiger partial charge is 0.340 e. The molecule has 0 bridgehead atoms. The number of hydrogen-bond donors (Lipinski definition) is 1. The Kier molecular flexibility index (Phi) is 7.43. The van der Waals surface area contributed by atoms with Crippen LogP contribution in [0.25, 0.3) is 0 Å². The van der Waals surface area contributed by atoms with Crippen molar-refractivity contribution >= 4 is 46.8 Å². The zero-order valence-electron chi connectivity index (χ0n) is 12.6. The van der Waals surface area contributed by atoms with E-state index in [1.807, 2.05) is 30.3 Å². The zero-order valence-corrected chi connectivity index (χ0v) is 15.0. The van der Waals surface area contributed by atoms with Crippen molar-refractivity contribution in [2.24, 2.45) is 0 Å². The van der Waals surface area contributed by atoms with Gasteiger partial charge in [-0.2, -0.15) is 0 Å². The molecule has 4 nitrogen and oxygen atoms in total. The molecule has 0 atom stereocenters. The molecule has 0 spiro atoms. The van der Waals surface area contributed by atoms with Crippen molar-refractivity contribution < 1.29 is 14.3 Å². The second-order valence-corrected chi connectivity index (χ2v) is 6.72. The number of halogens is 2. The van der Waals surface area contributed by atoms with Crippen molar-refractivity contribution in [1.29, 1.82) is 0 Å². The average molecular weight is 384 g/mol. The van der Waals surface area contributed by atoms with Gasteiger partial charge in [-0.05, 0) is 30.3 Å². The van der Waals surface area contributed by atoms with Gasteiger partial charge < -0.3 is 10.1 Å². The highest BCUT2D eigenvalue weighted by Crippen LogP contribution is 2.21. The normalized spacial score (nSPS) is 10.2. The summed E-state index contributed by atoms with van der Waals surface area (Å²) in [4.78, 5) is 24.7. The lowest BCUT2D eigenvalue weighted by Crippen LogP contribution is -2.30. The molecule has 2 aromatic rings. The zero-order chi connectivity index (χ0) is 17.4. The van der Waals surface area contributed by atoms with Crippen LogP contribution in [-0.2, 0) is 9.53 Å². The molecule has 7 heteroatoms. The highest BCUT2D eigenvalue weighted by molar-refractivity contribution is 7.99. The maximum absolute atomic E-state index is 11.9. The minimum absolute atomic E-state index is 0.175. The van der Waals surface area contributed by atoms with E-state index in [2.05, 4.69) is 5.32 Å². The van der Waals surface area contributed by atoms with Crippen LogP contribution >= 0.6 is 35.0 Å². The van der Waals surface area contributed by atoms with Crippen molar-refractivity contribution in [3.63, 3.8) is 0 Å². The van der Waals surface area contributed by atoms with Crippen molar-refractivity contribution in [1.82, 2.24) is 5.32 Å². The van der Waals surface area contributed by atoms with E-state index in [1.165, 1.54) is 18.2 Å². The Bertz CT molecular complexity index is 710. The van der Waals surface area contributed by atoms with Crippen LogP contribution in [0.15, 0.2) is 53.4 Å². The molecule has 1 N–H and O–H groups in total. The first-order valence-electron chi connectivity index (χ1n) is 7.13. The third-order valence-electron chi connectivity index (χ3n) is 2.92. The van der Waals surface area contributed by atoms with Gasteiger partial charge in [-0.1, -0.05) is 41.4 Å². The molecule has 2 rings (SSSR count). The van der Waals surface area contributed by atoms with Crippen LogP contribution in [0.1, 0.15) is 10.4 Å². The van der Waals surface area contributed by atoms with Gasteiger partial charge in [0, 0.05) is 22.2 Å². The Labute approximate surface area is 154 Å². The summed E-state index contributed by atoms with van der Waals surface area (Å²) < 4.78 is 4.94. The monoisotopic (exact) mass is 383 g/mol. The van der Waals surface area contributed by atoms with E-state index in [0.717, 1.165) is 10.6 Å². The predicted octanol–water partition coefficient (Wildman–Crippen LogP) is 4.06. The fourth-order valence-corrected chi connectivity index (χ4v) is 3.07. The summed E-state index contributed by atoms with van der Waals surface area (Å²) in [6, 6.07) is 14.3. The summed E-state index contributed by atoms with van der Waals surface area (Å²) >= 11 is 13.3. The Morgan fingerprint density at radius 2 is 1.83 bits per heavy atom. The number of carbonyl (C=O) groups is 2. The first-order chi connectivity index (χ1) is 11.6. The SMILES string of the molecule is O=C(COC(=O)c1ccc(Cl)cc1Cl)NCCSc1ccccc1. The van der Waals surface area contributed by atoms with Gasteiger partial charge in [0.25, 0.3) is 5.91 Å². The number of esters is 1. The van der Waals surface area contributed by atoms with Crippen LogP contribution in [0.2, 0.25) is 10.0 Å². The van der Waals surface area contributed by atoms with Crippen molar-refractivity contribution in [3.05, 3.63) is 64.1 Å². The molecule has 0 aliphatic heterocycles. The van der Waals surface area contributed by atoms with Crippen molar-refractivity contribution in [3.8, 4) is 0 Å². The second kappa shape index (κ2) is 9.57. The van der Waals surface area contributed by atoms with Crippen molar-refractivity contribution in [2.45, 2.75) is 4.90 Å². The van der Waals surface area contributed by atoms with Gasteiger partial charge in [0.15, 0.2) is 6.61 Å². The molecule has 0 saturated carbocycles. The second-order valence-electron chi connectivity index (χ2n) is 4.71. The minimum atomic E-state index is -0.662. The predicted molar refractivity (Wildman–Crippen MR) is 96.9 cm³/mol. The molecular formula is C17H15Cl2NO3S. The van der Waals surface area contributed by atoms with Gasteiger partial charge in [0.05, 0.1) is 10.6 Å². The Morgan fingerprint density at radius 3 is 2.54 bits per heavy atom. The Hall–Kier alpha value is -1.69. The maximum Gasteiger partial charge on any atom is 0.340 e. The van der Waals surface area contributed by atoms with E-state index in [0.29, 0.717) is 11.6 Å². The summed E-state index contributed by atoms with van der Waals surface area (Å²) in [7, 11) is 0. The van der Waals surface area contributed by atoms with Crippen LogP contribution in [-0.4, -0.2) is 30.8 Å². The maximum atomic E-state index is 11.9. The largest absolute Gasteiger partial charge is 0.452 e. The summed E-state index contributed by atoms with van der Waals surface area (Å²) in [6.07, 6.45) is 0. The molecule has 0 saturated heterocycles. The molecule has 126 valence electrons. The van der Waals surface area contributed by atoms with Gasteiger partial charge in [-0.3, -0.25) is 4.79 Å². The van der Waals surface area contributed by atoms with Gasteiger partial charge in [-0.15, -0.1) is 11.8 Å². The molecule has 0 aliphatic carbocycles. The average Bonchev–Trinajstić information content (AvgIpc) is 2.57. The highest BCUT2D eigenvalue weighted by Gasteiger charge is 2.13. The molecule has 0 heterocycles. The molecule has 2 aromatic carbocycles. The minimum Gasteiger partial charge on any atom is -0.452 e. The molecule has 0 unspecified atom stereocenters. The summed E-state index contributed by atoms with van der Waals surface area (Å²) in [5.74, 6) is -0.292. The Morgan fingerprint density at radius 1 is 1.08 bits per heavy atom. The number of thioether (sulfide) groups is 1. The fraction of sp³-hybridized carbons (Fsp3) is 0.176. The van der Waals surface area contributed by atoms with Crippen molar-refractivity contribution in [2.75, 3.05) is 18.9 Å². The van der Waals surface area contributed by atoms with E-state index in [4.69, 9.17) is 27.9 Å². The fourth-order valence-electron chi connectivity index (χ4n) is 1.79. The number of carbonyl (C=O) groups excluding carboxylic acids is 2. The lowest BCUT2D eigenvalue weighted by molar-refractivity contribution is -0.124. The number of nitrogens with one attached hydrogen (secondary N) is 1. The van der Waals surface area contributed by atoms with E-state index in [1.54, 1.807) is 11.8 Å². The van der Waals surface area contributed by atoms with E-state index >= 15 is 0 Å². The molecule has 0 fully saturated rings. The third-order valence-corrected chi connectivity index (χ3v) is 4.48. The summed E-state index contributed by atoms with van der Waals surface area (Å²) in [5.41, 5.74) is 0.175. The molecule has 0 aliphatic rings. The van der Waals surface area contributed by atoms with E-state index in [-0.39, 0.29) is 23.1 Å². The van der Waals surface area contributed by atoms with Crippen LogP contribution in [0, 0.1) is 0 Å². The topological polar surface area (TPSA) is 55.4 Å². The van der Waals surface area contributed by atoms with Gasteiger partial charge in [-0.25, -0.2) is 4.79 Å². The first kappa shape index (κ1) is 18.6. The standard InChI is InChI=1S/C17H15Cl2NO3S/c18-12-6-7-14(15(19)10-12)17(22)23-11-16(21)20-8-9-24-13-4-2-1-3-5-13/h1-7,10H,8-9,11H2,(H,20,21). The summed E-state index contributed by atoms with van der Waals surface area (Å²) in [6.45, 7) is 0.130. The van der Waals surface area contributed by atoms with Gasteiger partial charge in [0.1, 0.15) is 0 Å². The molecular weight excluding hydrogens is 369 g/mol. The van der Waals surface area contributed by atoms with Crippen LogP contribution in [0.5, 0.6) is 0 Å². The number of hydrogen-bond acceptors (Lipinski definition) is 4. The molecule has 1 amide bonds. The number of amides is 1. The Balaban J connectivity index is 1.68. The number of ether oxygens (including phenoxy) is 1. The van der Waals surface area contributed by atoms with Gasteiger partial charge >= 0.3 is 5.97 Å². The third kappa shape index (κ3) is 6.07. The van der Waals surface area contributed by atoms with Crippen LogP contribution in [0.3, 0.4) is 0 Å². The first-order valence-corrected chi connectivity index (χ1v) is 8.87. The number of benzene rings is 2. The summed E-state index contributed by atoms with van der Waals surface area (Å²) in [5, 5.41) is 3.30. The van der Waals surface area contributed by atoms with Crippen LogP contribution in [0.4, 0.5) is 0 Å². The lowest BCUT2D eigenvalue weighted by Gasteiger charge is -2.07. The van der Waals surface area contributed by atoms with Gasteiger partial charge in [0.2, 0.25) is 0 Å². The van der Waals surface area contributed by atoms with Crippen LogP contribution < -0.4 is 5.32 Å². The highest BCUT2D eigenvalue weighted by atomic mass is 35.5. The lowest BCUT2D eigenvalue weighted by atomic mass is 10.2. The number of rotatable bonds is 7. The molecule has 0 aromatic heterocycles. The van der Waals surface area contributed by atoms with E-state index < -0.39 is 5.97 Å².